The summed E-state index contributed by atoms with van der Waals surface area (Å²) >= 11 is 3.58. The first-order chi connectivity index (χ1) is 8.01. The van der Waals surface area contributed by atoms with Gasteiger partial charge in [-0.1, -0.05) is 41.1 Å². The van der Waals surface area contributed by atoms with E-state index in [4.69, 9.17) is 0 Å². The maximum Gasteiger partial charge on any atom is 0.243 e. The van der Waals surface area contributed by atoms with E-state index in [0.29, 0.717) is 28.7 Å². The first kappa shape index (κ1) is 13.1. The van der Waals surface area contributed by atoms with Crippen molar-refractivity contribution in [1.82, 2.24) is 4.31 Å². The smallest absolute Gasteiger partial charge is 0.207 e. The van der Waals surface area contributed by atoms with Crippen LogP contribution in [0.3, 0.4) is 0 Å². The third-order valence-electron chi connectivity index (χ3n) is 3.14. The quantitative estimate of drug-likeness (QED) is 0.786. The number of piperidine rings is 1. The molecule has 0 aromatic heterocycles. The van der Waals surface area contributed by atoms with Crippen LogP contribution in [0.15, 0.2) is 35.2 Å². The molecule has 17 heavy (non-hydrogen) atoms. The van der Waals surface area contributed by atoms with Gasteiger partial charge in [-0.15, -0.1) is 0 Å². The standard InChI is InChI=1S/C12H16BrNO2S/c1-10-9-14(8-7-12(10)13)17(15,16)11-5-3-2-4-6-11/h2-6,10,12H,7-9H2,1H3. The molecule has 2 unspecified atom stereocenters. The zero-order valence-electron chi connectivity index (χ0n) is 9.71. The van der Waals surface area contributed by atoms with E-state index in [9.17, 15) is 8.42 Å². The highest BCUT2D eigenvalue weighted by atomic mass is 79.9. The van der Waals surface area contributed by atoms with Gasteiger partial charge in [-0.2, -0.15) is 4.31 Å². The molecule has 1 aliphatic heterocycles. The van der Waals surface area contributed by atoms with Crippen LogP contribution >= 0.6 is 15.9 Å². The van der Waals surface area contributed by atoms with Crippen molar-refractivity contribution in [1.29, 1.82) is 0 Å². The molecule has 0 bridgehead atoms. The van der Waals surface area contributed by atoms with E-state index in [1.165, 1.54) is 0 Å². The summed E-state index contributed by atoms with van der Waals surface area (Å²) in [5.41, 5.74) is 0. The number of benzene rings is 1. The van der Waals surface area contributed by atoms with E-state index in [-0.39, 0.29) is 0 Å². The van der Waals surface area contributed by atoms with Crippen LogP contribution in [0.25, 0.3) is 0 Å². The Morgan fingerprint density at radius 1 is 1.29 bits per heavy atom. The molecule has 1 heterocycles. The van der Waals surface area contributed by atoms with Crippen LogP contribution in [0.5, 0.6) is 0 Å². The van der Waals surface area contributed by atoms with Gasteiger partial charge in [0.15, 0.2) is 0 Å². The van der Waals surface area contributed by atoms with Gasteiger partial charge >= 0.3 is 0 Å². The number of halogens is 1. The van der Waals surface area contributed by atoms with Crippen molar-refractivity contribution in [3.8, 4) is 0 Å². The summed E-state index contributed by atoms with van der Waals surface area (Å²) in [6.45, 7) is 3.26. The molecular formula is C12H16BrNO2S. The fourth-order valence-corrected chi connectivity index (χ4v) is 3.99. The minimum Gasteiger partial charge on any atom is -0.207 e. The van der Waals surface area contributed by atoms with Gasteiger partial charge in [-0.25, -0.2) is 8.42 Å². The topological polar surface area (TPSA) is 37.4 Å². The molecular weight excluding hydrogens is 302 g/mol. The van der Waals surface area contributed by atoms with Crippen molar-refractivity contribution in [3.05, 3.63) is 30.3 Å². The Bertz CT molecular complexity index is 475. The average molecular weight is 318 g/mol. The minimum atomic E-state index is -3.31. The summed E-state index contributed by atoms with van der Waals surface area (Å²) in [5, 5.41) is 0. The van der Waals surface area contributed by atoms with Crippen LogP contribution in [0.2, 0.25) is 0 Å². The fourth-order valence-electron chi connectivity index (χ4n) is 2.04. The molecule has 0 aliphatic carbocycles. The van der Waals surface area contributed by atoms with E-state index in [1.807, 2.05) is 6.07 Å². The van der Waals surface area contributed by atoms with Crippen LogP contribution in [-0.4, -0.2) is 30.6 Å². The maximum absolute atomic E-state index is 12.4. The lowest BCUT2D eigenvalue weighted by Crippen LogP contribution is -2.43. The Morgan fingerprint density at radius 2 is 1.94 bits per heavy atom. The highest BCUT2D eigenvalue weighted by Gasteiger charge is 2.32. The second-order valence-corrected chi connectivity index (χ2v) is 7.57. The molecule has 0 radical (unpaired) electrons. The largest absolute Gasteiger partial charge is 0.243 e. The lowest BCUT2D eigenvalue weighted by atomic mass is 10.0. The van der Waals surface area contributed by atoms with Crippen molar-refractivity contribution >= 4 is 26.0 Å². The van der Waals surface area contributed by atoms with Gasteiger partial charge in [0, 0.05) is 17.9 Å². The molecule has 5 heteroatoms. The minimum absolute atomic E-state index is 0.349. The molecule has 94 valence electrons. The monoisotopic (exact) mass is 317 g/mol. The number of hydrogen-bond acceptors (Lipinski definition) is 2. The number of sulfonamides is 1. The maximum atomic E-state index is 12.4. The van der Waals surface area contributed by atoms with Crippen molar-refractivity contribution in [2.24, 2.45) is 5.92 Å². The van der Waals surface area contributed by atoms with Crippen LogP contribution in [-0.2, 0) is 10.0 Å². The number of nitrogens with zero attached hydrogens (tertiary/aromatic N) is 1. The van der Waals surface area contributed by atoms with Gasteiger partial charge in [0.1, 0.15) is 0 Å². The Kier molecular flexibility index (Phi) is 3.90. The average Bonchev–Trinajstić information content (AvgIpc) is 2.33. The van der Waals surface area contributed by atoms with Gasteiger partial charge in [0.2, 0.25) is 10.0 Å². The first-order valence-electron chi connectivity index (χ1n) is 5.71. The van der Waals surface area contributed by atoms with Gasteiger partial charge in [0.25, 0.3) is 0 Å². The van der Waals surface area contributed by atoms with Crippen LogP contribution in [0, 0.1) is 5.92 Å². The molecule has 0 saturated carbocycles. The fraction of sp³-hybridized carbons (Fsp3) is 0.500. The second kappa shape index (κ2) is 5.08. The Balaban J connectivity index is 2.23. The molecule has 1 aliphatic rings. The molecule has 2 atom stereocenters. The van der Waals surface area contributed by atoms with Crippen molar-refractivity contribution in [3.63, 3.8) is 0 Å². The Labute approximate surface area is 111 Å². The predicted molar refractivity (Wildman–Crippen MR) is 71.7 cm³/mol. The van der Waals surface area contributed by atoms with Crippen LogP contribution < -0.4 is 0 Å². The SMILES string of the molecule is CC1CN(S(=O)(=O)c2ccccc2)CCC1Br. The van der Waals surface area contributed by atoms with E-state index in [0.717, 1.165) is 6.42 Å². The molecule has 1 aromatic carbocycles. The van der Waals surface area contributed by atoms with Gasteiger partial charge in [-0.3, -0.25) is 0 Å². The molecule has 1 aromatic rings. The highest BCUT2D eigenvalue weighted by molar-refractivity contribution is 9.09. The number of rotatable bonds is 2. The summed E-state index contributed by atoms with van der Waals surface area (Å²) < 4.78 is 26.3. The number of alkyl halides is 1. The van der Waals surface area contributed by atoms with E-state index in [2.05, 4.69) is 22.9 Å². The zero-order valence-corrected chi connectivity index (χ0v) is 12.1. The lowest BCUT2D eigenvalue weighted by Gasteiger charge is -2.33. The van der Waals surface area contributed by atoms with Crippen molar-refractivity contribution in [2.45, 2.75) is 23.1 Å². The molecule has 2 rings (SSSR count). The Hall–Kier alpha value is -0.390. The molecule has 0 spiro atoms. The summed E-state index contributed by atoms with van der Waals surface area (Å²) in [5.74, 6) is 0.349. The van der Waals surface area contributed by atoms with Gasteiger partial charge in [-0.05, 0) is 24.5 Å². The summed E-state index contributed by atoms with van der Waals surface area (Å²) in [6.07, 6.45) is 0.868. The molecule has 1 saturated heterocycles. The van der Waals surface area contributed by atoms with Gasteiger partial charge in [0.05, 0.1) is 4.90 Å². The summed E-state index contributed by atoms with van der Waals surface area (Å²) in [4.78, 5) is 0.810. The summed E-state index contributed by atoms with van der Waals surface area (Å²) in [7, 11) is -3.31. The first-order valence-corrected chi connectivity index (χ1v) is 8.06. The van der Waals surface area contributed by atoms with E-state index in [1.54, 1.807) is 28.6 Å². The second-order valence-electron chi connectivity index (χ2n) is 4.46. The zero-order chi connectivity index (χ0) is 12.5. The normalized spacial score (nSPS) is 26.9. The van der Waals surface area contributed by atoms with Crippen LogP contribution in [0.1, 0.15) is 13.3 Å². The predicted octanol–water partition coefficient (Wildman–Crippen LogP) is 2.48. The number of hydrogen-bond donors (Lipinski definition) is 0. The molecule has 0 amide bonds. The molecule has 0 N–H and O–H groups in total. The van der Waals surface area contributed by atoms with E-state index >= 15 is 0 Å². The van der Waals surface area contributed by atoms with Crippen LogP contribution in [0.4, 0.5) is 0 Å². The third kappa shape index (κ3) is 2.72. The Morgan fingerprint density at radius 3 is 2.53 bits per heavy atom. The van der Waals surface area contributed by atoms with Crippen molar-refractivity contribution < 1.29 is 8.42 Å². The highest BCUT2D eigenvalue weighted by Crippen LogP contribution is 2.27. The van der Waals surface area contributed by atoms with E-state index < -0.39 is 10.0 Å². The molecule has 3 nitrogen and oxygen atoms in total. The third-order valence-corrected chi connectivity index (χ3v) is 6.38. The molecule has 1 fully saturated rings. The summed E-state index contributed by atoms with van der Waals surface area (Å²) in [6, 6.07) is 8.65. The van der Waals surface area contributed by atoms with Gasteiger partial charge < -0.3 is 0 Å². The lowest BCUT2D eigenvalue weighted by molar-refractivity contribution is 0.292. The van der Waals surface area contributed by atoms with Crippen molar-refractivity contribution in [2.75, 3.05) is 13.1 Å².